The highest BCUT2D eigenvalue weighted by Gasteiger charge is 2.31. The number of amides is 1. The second-order valence-corrected chi connectivity index (χ2v) is 10.7. The van der Waals surface area contributed by atoms with Gasteiger partial charge >= 0.3 is 5.97 Å². The molecule has 2 aromatic carbocycles. The highest BCUT2D eigenvalue weighted by atomic mass is 35.5. The molecule has 0 fully saturated rings. The minimum atomic E-state index is -0.394. The fourth-order valence-corrected chi connectivity index (χ4v) is 6.30. The highest BCUT2D eigenvalue weighted by molar-refractivity contribution is 8.00. The zero-order valence-electron chi connectivity index (χ0n) is 17.9. The molecule has 4 rings (SSSR count). The molecule has 0 radical (unpaired) electrons. The maximum atomic E-state index is 12.9. The van der Waals surface area contributed by atoms with Crippen molar-refractivity contribution in [2.45, 2.75) is 42.2 Å². The molecule has 1 N–H and O–H groups in total. The number of esters is 1. The monoisotopic (exact) mass is 485 g/mol. The number of benzene rings is 2. The van der Waals surface area contributed by atoms with E-state index >= 15 is 0 Å². The SMILES string of the molecule is COC(=O)c1c(NC(=O)C(C)Sc2ccc(Cl)cc2)sc2c1CCC(c1ccccc1)C2. The van der Waals surface area contributed by atoms with Crippen molar-refractivity contribution < 1.29 is 14.3 Å². The summed E-state index contributed by atoms with van der Waals surface area (Å²) < 4.78 is 5.06. The molecule has 0 aliphatic heterocycles. The van der Waals surface area contributed by atoms with E-state index in [4.69, 9.17) is 16.3 Å². The van der Waals surface area contributed by atoms with Crippen LogP contribution in [0.4, 0.5) is 5.00 Å². The number of ether oxygens (including phenoxy) is 1. The lowest BCUT2D eigenvalue weighted by Crippen LogP contribution is -2.23. The number of thioether (sulfide) groups is 1. The van der Waals surface area contributed by atoms with Crippen molar-refractivity contribution in [3.05, 3.63) is 81.2 Å². The van der Waals surface area contributed by atoms with Crippen LogP contribution in [0.15, 0.2) is 59.5 Å². The van der Waals surface area contributed by atoms with Gasteiger partial charge in [-0.15, -0.1) is 23.1 Å². The van der Waals surface area contributed by atoms with E-state index in [1.54, 1.807) is 12.1 Å². The second kappa shape index (κ2) is 10.1. The Morgan fingerprint density at radius 1 is 1.16 bits per heavy atom. The second-order valence-electron chi connectivity index (χ2n) is 7.75. The quantitative estimate of drug-likeness (QED) is 0.316. The first-order valence-electron chi connectivity index (χ1n) is 10.5. The summed E-state index contributed by atoms with van der Waals surface area (Å²) in [5.74, 6) is -0.127. The van der Waals surface area contributed by atoms with Crippen molar-refractivity contribution in [1.82, 2.24) is 0 Å². The van der Waals surface area contributed by atoms with Gasteiger partial charge in [-0.05, 0) is 67.5 Å². The number of thiophene rings is 1. The number of halogens is 1. The Bertz CT molecular complexity index is 1110. The molecular weight excluding hydrogens is 462 g/mol. The fraction of sp³-hybridized carbons (Fsp3) is 0.280. The van der Waals surface area contributed by atoms with E-state index in [-0.39, 0.29) is 11.2 Å². The largest absolute Gasteiger partial charge is 0.465 e. The average molecular weight is 486 g/mol. The summed E-state index contributed by atoms with van der Waals surface area (Å²) in [6.45, 7) is 1.85. The molecule has 3 aromatic rings. The predicted molar refractivity (Wildman–Crippen MR) is 132 cm³/mol. The first-order valence-corrected chi connectivity index (χ1v) is 12.5. The molecule has 1 amide bonds. The standard InChI is InChI=1S/C25H24ClNO3S2/c1-15(31-19-11-9-18(26)10-12-19)23(28)27-24-22(25(29)30-2)20-13-8-17(14-21(20)32-24)16-6-4-3-5-7-16/h3-7,9-12,15,17H,8,13-14H2,1-2H3,(H,27,28). The van der Waals surface area contributed by atoms with Crippen molar-refractivity contribution >= 4 is 51.6 Å². The minimum Gasteiger partial charge on any atom is -0.465 e. The van der Waals surface area contributed by atoms with E-state index in [0.29, 0.717) is 21.5 Å². The fourth-order valence-electron chi connectivity index (χ4n) is 3.99. The highest BCUT2D eigenvalue weighted by Crippen LogP contribution is 2.43. The zero-order valence-corrected chi connectivity index (χ0v) is 20.3. The maximum Gasteiger partial charge on any atom is 0.341 e. The Kier molecular flexibility index (Phi) is 7.23. The van der Waals surface area contributed by atoms with Crippen LogP contribution >= 0.6 is 34.7 Å². The summed E-state index contributed by atoms with van der Waals surface area (Å²) in [5.41, 5.74) is 2.84. The van der Waals surface area contributed by atoms with Crippen LogP contribution < -0.4 is 5.32 Å². The van der Waals surface area contributed by atoms with Crippen molar-refractivity contribution in [2.24, 2.45) is 0 Å². The van der Waals surface area contributed by atoms with Crippen LogP contribution in [0, 0.1) is 0 Å². The number of methoxy groups -OCH3 is 1. The molecule has 0 saturated carbocycles. The summed E-state index contributed by atoms with van der Waals surface area (Å²) in [7, 11) is 1.38. The zero-order chi connectivity index (χ0) is 22.7. The number of carbonyl (C=O) groups is 2. The summed E-state index contributed by atoms with van der Waals surface area (Å²) in [6.07, 6.45) is 2.62. The number of carbonyl (C=O) groups excluding carboxylic acids is 2. The van der Waals surface area contributed by atoms with Gasteiger partial charge in [-0.25, -0.2) is 4.79 Å². The van der Waals surface area contributed by atoms with E-state index in [1.165, 1.54) is 35.8 Å². The lowest BCUT2D eigenvalue weighted by Gasteiger charge is -2.22. The van der Waals surface area contributed by atoms with Crippen LogP contribution in [0.5, 0.6) is 0 Å². The maximum absolute atomic E-state index is 12.9. The molecule has 0 bridgehead atoms. The Morgan fingerprint density at radius 3 is 2.56 bits per heavy atom. The number of anilines is 1. The first kappa shape index (κ1) is 22.9. The summed E-state index contributed by atoms with van der Waals surface area (Å²) in [6, 6.07) is 17.9. The van der Waals surface area contributed by atoms with E-state index in [2.05, 4.69) is 29.6 Å². The lowest BCUT2D eigenvalue weighted by atomic mass is 9.83. The summed E-state index contributed by atoms with van der Waals surface area (Å²) in [4.78, 5) is 27.7. The van der Waals surface area contributed by atoms with Gasteiger partial charge in [0.15, 0.2) is 0 Å². The van der Waals surface area contributed by atoms with Crippen molar-refractivity contribution in [2.75, 3.05) is 12.4 Å². The molecule has 4 nitrogen and oxygen atoms in total. The molecule has 0 spiro atoms. The van der Waals surface area contributed by atoms with Gasteiger partial charge in [0.25, 0.3) is 0 Å². The number of rotatable bonds is 6. The van der Waals surface area contributed by atoms with Crippen LogP contribution in [-0.4, -0.2) is 24.2 Å². The topological polar surface area (TPSA) is 55.4 Å². The molecule has 166 valence electrons. The van der Waals surface area contributed by atoms with E-state index in [9.17, 15) is 9.59 Å². The van der Waals surface area contributed by atoms with Gasteiger partial charge in [-0.3, -0.25) is 4.79 Å². The molecule has 2 unspecified atom stereocenters. The lowest BCUT2D eigenvalue weighted by molar-refractivity contribution is -0.115. The molecule has 2 atom stereocenters. The van der Waals surface area contributed by atoms with Crippen LogP contribution in [0.1, 0.15) is 45.6 Å². The van der Waals surface area contributed by atoms with Gasteiger partial charge in [0, 0.05) is 14.8 Å². The molecule has 0 saturated heterocycles. The van der Waals surface area contributed by atoms with Crippen molar-refractivity contribution in [1.29, 1.82) is 0 Å². The van der Waals surface area contributed by atoms with E-state index in [0.717, 1.165) is 34.6 Å². The molecule has 1 aliphatic rings. The van der Waals surface area contributed by atoms with Crippen LogP contribution in [0.25, 0.3) is 0 Å². The van der Waals surface area contributed by atoms with Crippen molar-refractivity contribution in [3.63, 3.8) is 0 Å². The number of fused-ring (bicyclic) bond motifs is 1. The van der Waals surface area contributed by atoms with Gasteiger partial charge < -0.3 is 10.1 Å². The molecule has 1 aliphatic carbocycles. The molecule has 32 heavy (non-hydrogen) atoms. The van der Waals surface area contributed by atoms with Crippen LogP contribution in [-0.2, 0) is 22.4 Å². The molecule has 1 aromatic heterocycles. The average Bonchev–Trinajstić information content (AvgIpc) is 3.17. The first-order chi connectivity index (χ1) is 15.5. The summed E-state index contributed by atoms with van der Waals surface area (Å²) in [5, 5.41) is 3.91. The van der Waals surface area contributed by atoms with Crippen molar-refractivity contribution in [3.8, 4) is 0 Å². The molecule has 1 heterocycles. The Hall–Kier alpha value is -2.28. The van der Waals surface area contributed by atoms with Gasteiger partial charge in [0.2, 0.25) is 5.91 Å². The van der Waals surface area contributed by atoms with Gasteiger partial charge in [0.05, 0.1) is 17.9 Å². The number of hydrogen-bond donors (Lipinski definition) is 1. The normalized spacial score (nSPS) is 16.2. The minimum absolute atomic E-state index is 0.145. The third kappa shape index (κ3) is 5.03. The van der Waals surface area contributed by atoms with Gasteiger partial charge in [-0.2, -0.15) is 0 Å². The number of hydrogen-bond acceptors (Lipinski definition) is 5. The van der Waals surface area contributed by atoms with Crippen LogP contribution in [0.3, 0.4) is 0 Å². The third-order valence-electron chi connectivity index (χ3n) is 5.66. The summed E-state index contributed by atoms with van der Waals surface area (Å²) >= 11 is 8.90. The third-order valence-corrected chi connectivity index (χ3v) is 8.19. The number of nitrogens with one attached hydrogen (secondary N) is 1. The van der Waals surface area contributed by atoms with Gasteiger partial charge in [-0.1, -0.05) is 41.9 Å². The Morgan fingerprint density at radius 2 is 1.88 bits per heavy atom. The van der Waals surface area contributed by atoms with E-state index in [1.807, 2.05) is 25.1 Å². The Balaban J connectivity index is 1.54. The predicted octanol–water partition coefficient (Wildman–Crippen LogP) is 6.58. The van der Waals surface area contributed by atoms with Gasteiger partial charge in [0.1, 0.15) is 5.00 Å². The Labute approximate surface area is 201 Å². The molecular formula is C25H24ClNO3S2. The smallest absolute Gasteiger partial charge is 0.341 e. The molecule has 7 heteroatoms. The van der Waals surface area contributed by atoms with E-state index < -0.39 is 5.97 Å². The van der Waals surface area contributed by atoms with Crippen LogP contribution in [0.2, 0.25) is 5.02 Å².